The number of aromatic nitrogens is 1. The maximum Gasteiger partial charge on any atom is 0.253 e. The van der Waals surface area contributed by atoms with Crippen molar-refractivity contribution in [1.82, 2.24) is 4.57 Å². The first-order valence-corrected chi connectivity index (χ1v) is 6.24. The summed E-state index contributed by atoms with van der Waals surface area (Å²) in [5, 5.41) is 0. The topological polar surface area (TPSA) is 34.5 Å². The van der Waals surface area contributed by atoms with Crippen molar-refractivity contribution in [3.05, 3.63) is 27.0 Å². The summed E-state index contributed by atoms with van der Waals surface area (Å²) in [7, 11) is 0. The molecule has 0 radical (unpaired) electrons. The fourth-order valence-electron chi connectivity index (χ4n) is 1.92. The maximum absolute atomic E-state index is 11.8. The first-order valence-electron chi connectivity index (χ1n) is 5.45. The minimum atomic E-state index is 0.0402. The molecule has 0 unspecified atom stereocenters. The van der Waals surface area contributed by atoms with Gasteiger partial charge in [-0.05, 0) is 13.0 Å². The Labute approximate surface area is 103 Å². The molecule has 1 saturated heterocycles. The Balaban J connectivity index is 2.41. The number of nitrogens with zero attached hydrogens (tertiary/aromatic N) is 2. The third-order valence-electron chi connectivity index (χ3n) is 2.72. The van der Waals surface area contributed by atoms with E-state index in [1.807, 2.05) is 13.0 Å². The van der Waals surface area contributed by atoms with Crippen LogP contribution in [0.1, 0.15) is 6.92 Å². The van der Waals surface area contributed by atoms with Crippen LogP contribution in [-0.4, -0.2) is 30.9 Å². The van der Waals surface area contributed by atoms with Crippen molar-refractivity contribution < 1.29 is 4.74 Å². The number of rotatable bonds is 2. The molecule has 4 nitrogen and oxygen atoms in total. The van der Waals surface area contributed by atoms with Crippen LogP contribution in [0.4, 0.5) is 5.82 Å². The minimum absolute atomic E-state index is 0.0402. The summed E-state index contributed by atoms with van der Waals surface area (Å²) in [6, 6.07) is 3.60. The molecule has 1 fully saturated rings. The minimum Gasteiger partial charge on any atom is -0.378 e. The zero-order valence-corrected chi connectivity index (χ0v) is 10.9. The first kappa shape index (κ1) is 11.7. The number of pyridine rings is 1. The molecule has 16 heavy (non-hydrogen) atoms. The van der Waals surface area contributed by atoms with E-state index >= 15 is 0 Å². The molecule has 5 heteroatoms. The Morgan fingerprint density at radius 2 is 2.06 bits per heavy atom. The number of anilines is 1. The lowest BCUT2D eigenvalue weighted by Crippen LogP contribution is -2.39. The summed E-state index contributed by atoms with van der Waals surface area (Å²) in [5.41, 5.74) is 0.0402. The van der Waals surface area contributed by atoms with Crippen LogP contribution >= 0.6 is 15.9 Å². The monoisotopic (exact) mass is 286 g/mol. The molecule has 2 rings (SSSR count). The standard InChI is InChI=1S/C11H15BrN2O2/c1-2-14-10(7-9(12)8-11(14)15)13-3-5-16-6-4-13/h7-8H,2-6H2,1H3. The molecular formula is C11H15BrN2O2. The highest BCUT2D eigenvalue weighted by Crippen LogP contribution is 2.19. The SMILES string of the molecule is CCn1c(N2CCOCC2)cc(Br)cc1=O. The van der Waals surface area contributed by atoms with Gasteiger partial charge >= 0.3 is 0 Å². The lowest BCUT2D eigenvalue weighted by atomic mass is 10.3. The summed E-state index contributed by atoms with van der Waals surface area (Å²) in [4.78, 5) is 14.0. The lowest BCUT2D eigenvalue weighted by molar-refractivity contribution is 0.122. The third kappa shape index (κ3) is 2.30. The number of hydrogen-bond donors (Lipinski definition) is 0. The van der Waals surface area contributed by atoms with Gasteiger partial charge in [0, 0.05) is 30.2 Å². The zero-order valence-electron chi connectivity index (χ0n) is 9.28. The Bertz CT molecular complexity index is 424. The van der Waals surface area contributed by atoms with E-state index in [9.17, 15) is 4.79 Å². The molecule has 1 aliphatic rings. The molecule has 1 aromatic heterocycles. The Kier molecular flexibility index (Phi) is 3.66. The van der Waals surface area contributed by atoms with Gasteiger partial charge in [-0.15, -0.1) is 0 Å². The largest absolute Gasteiger partial charge is 0.378 e. The molecule has 1 aromatic rings. The second-order valence-electron chi connectivity index (χ2n) is 3.71. The maximum atomic E-state index is 11.8. The van der Waals surface area contributed by atoms with Crippen molar-refractivity contribution in [2.24, 2.45) is 0 Å². The van der Waals surface area contributed by atoms with Gasteiger partial charge in [0.25, 0.3) is 5.56 Å². The number of morpholine rings is 1. The molecule has 0 bridgehead atoms. The predicted molar refractivity (Wildman–Crippen MR) is 67.1 cm³/mol. The van der Waals surface area contributed by atoms with Gasteiger partial charge in [0.2, 0.25) is 0 Å². The van der Waals surface area contributed by atoms with Crippen LogP contribution in [-0.2, 0) is 11.3 Å². The van der Waals surface area contributed by atoms with Crippen LogP contribution in [0.25, 0.3) is 0 Å². The van der Waals surface area contributed by atoms with Gasteiger partial charge in [-0.25, -0.2) is 0 Å². The molecule has 0 saturated carbocycles. The third-order valence-corrected chi connectivity index (χ3v) is 3.18. The van der Waals surface area contributed by atoms with E-state index in [1.165, 1.54) is 0 Å². The average molecular weight is 287 g/mol. The molecule has 0 N–H and O–H groups in total. The molecule has 0 amide bonds. The van der Waals surface area contributed by atoms with Crippen LogP contribution in [0.5, 0.6) is 0 Å². The molecular weight excluding hydrogens is 272 g/mol. The molecule has 0 spiro atoms. The van der Waals surface area contributed by atoms with Crippen molar-refractivity contribution in [3.8, 4) is 0 Å². The smallest absolute Gasteiger partial charge is 0.253 e. The van der Waals surface area contributed by atoms with Crippen molar-refractivity contribution in [3.63, 3.8) is 0 Å². The highest BCUT2D eigenvalue weighted by Gasteiger charge is 2.15. The molecule has 2 heterocycles. The molecule has 88 valence electrons. The number of ether oxygens (including phenoxy) is 1. The second kappa shape index (κ2) is 5.01. The number of halogens is 1. The second-order valence-corrected chi connectivity index (χ2v) is 4.63. The van der Waals surface area contributed by atoms with Gasteiger partial charge in [0.15, 0.2) is 0 Å². The van der Waals surface area contributed by atoms with Gasteiger partial charge in [0.05, 0.1) is 13.2 Å². The molecule has 0 aromatic carbocycles. The van der Waals surface area contributed by atoms with E-state index in [-0.39, 0.29) is 5.56 Å². The van der Waals surface area contributed by atoms with E-state index in [4.69, 9.17) is 4.74 Å². The Morgan fingerprint density at radius 3 is 2.69 bits per heavy atom. The van der Waals surface area contributed by atoms with Gasteiger partial charge in [-0.2, -0.15) is 0 Å². The van der Waals surface area contributed by atoms with E-state index in [2.05, 4.69) is 20.8 Å². The summed E-state index contributed by atoms with van der Waals surface area (Å²) in [6.45, 7) is 5.82. The highest BCUT2D eigenvalue weighted by molar-refractivity contribution is 9.10. The van der Waals surface area contributed by atoms with Gasteiger partial charge < -0.3 is 9.64 Å². The van der Waals surface area contributed by atoms with Crippen LogP contribution in [0.15, 0.2) is 21.4 Å². The van der Waals surface area contributed by atoms with E-state index in [0.717, 1.165) is 36.6 Å². The molecule has 1 aliphatic heterocycles. The van der Waals surface area contributed by atoms with Crippen LogP contribution in [0.2, 0.25) is 0 Å². The van der Waals surface area contributed by atoms with E-state index in [1.54, 1.807) is 10.6 Å². The van der Waals surface area contributed by atoms with E-state index in [0.29, 0.717) is 6.54 Å². The zero-order chi connectivity index (χ0) is 11.5. The van der Waals surface area contributed by atoms with Crippen molar-refractivity contribution in [1.29, 1.82) is 0 Å². The molecule has 0 atom stereocenters. The highest BCUT2D eigenvalue weighted by atomic mass is 79.9. The van der Waals surface area contributed by atoms with Crippen LogP contribution < -0.4 is 10.5 Å². The normalized spacial score (nSPS) is 16.5. The first-order chi connectivity index (χ1) is 7.72. The van der Waals surface area contributed by atoms with E-state index < -0.39 is 0 Å². The molecule has 0 aliphatic carbocycles. The van der Waals surface area contributed by atoms with Crippen molar-refractivity contribution >= 4 is 21.7 Å². The summed E-state index contributed by atoms with van der Waals surface area (Å²) < 4.78 is 7.94. The fourth-order valence-corrected chi connectivity index (χ4v) is 2.32. The summed E-state index contributed by atoms with van der Waals surface area (Å²) in [5.74, 6) is 0.977. The van der Waals surface area contributed by atoms with Crippen molar-refractivity contribution in [2.45, 2.75) is 13.5 Å². The van der Waals surface area contributed by atoms with Gasteiger partial charge in [-0.3, -0.25) is 9.36 Å². The van der Waals surface area contributed by atoms with Crippen LogP contribution in [0.3, 0.4) is 0 Å². The van der Waals surface area contributed by atoms with Crippen LogP contribution in [0, 0.1) is 0 Å². The van der Waals surface area contributed by atoms with Gasteiger partial charge in [-0.1, -0.05) is 15.9 Å². The summed E-state index contributed by atoms with van der Waals surface area (Å²) in [6.07, 6.45) is 0. The Morgan fingerprint density at radius 1 is 1.38 bits per heavy atom. The number of hydrogen-bond acceptors (Lipinski definition) is 3. The fraction of sp³-hybridized carbons (Fsp3) is 0.545. The van der Waals surface area contributed by atoms with Gasteiger partial charge in [0.1, 0.15) is 5.82 Å². The lowest BCUT2D eigenvalue weighted by Gasteiger charge is -2.30. The average Bonchev–Trinajstić information content (AvgIpc) is 2.29. The Hall–Kier alpha value is -0.810. The summed E-state index contributed by atoms with van der Waals surface area (Å²) >= 11 is 3.37. The predicted octanol–water partition coefficient (Wildman–Crippen LogP) is 1.47. The van der Waals surface area contributed by atoms with Crippen molar-refractivity contribution in [2.75, 3.05) is 31.2 Å². The quantitative estimate of drug-likeness (QED) is 0.826.